The predicted molar refractivity (Wildman–Crippen MR) is 125 cm³/mol. The second-order valence-electron chi connectivity index (χ2n) is 9.14. The van der Waals surface area contributed by atoms with Gasteiger partial charge in [-0.25, -0.2) is 0 Å². The van der Waals surface area contributed by atoms with Crippen LogP contribution in [0.3, 0.4) is 0 Å². The number of nitrogens with one attached hydrogen (secondary N) is 1. The summed E-state index contributed by atoms with van der Waals surface area (Å²) in [7, 11) is 1.70. The number of hydrogen-bond donors (Lipinski definition) is 1. The van der Waals surface area contributed by atoms with Crippen LogP contribution in [0, 0.1) is 6.92 Å². The van der Waals surface area contributed by atoms with Crippen LogP contribution in [0.1, 0.15) is 24.1 Å². The Morgan fingerprint density at radius 2 is 1.87 bits per heavy atom. The molecule has 3 aromatic rings. The van der Waals surface area contributed by atoms with Gasteiger partial charge in [-0.3, -0.25) is 0 Å². The van der Waals surface area contributed by atoms with Gasteiger partial charge in [0.1, 0.15) is 0 Å². The Labute approximate surface area is 182 Å². The number of rotatable bonds is 6. The Balaban J connectivity index is 1.78. The zero-order chi connectivity index (χ0) is 21.3. The van der Waals surface area contributed by atoms with Gasteiger partial charge < -0.3 is 0 Å². The van der Waals surface area contributed by atoms with E-state index in [1.165, 1.54) is 20.2 Å². The molecule has 0 bridgehead atoms. The van der Waals surface area contributed by atoms with Gasteiger partial charge in [0.15, 0.2) is 0 Å². The monoisotopic (exact) mass is 516 g/mol. The van der Waals surface area contributed by atoms with Crippen LogP contribution in [0.25, 0.3) is 10.9 Å². The molecule has 4 rings (SSSR count). The van der Waals surface area contributed by atoms with Crippen LogP contribution in [0.2, 0.25) is 14.8 Å². The number of benzene rings is 1. The fraction of sp³-hybridized carbons (Fsp3) is 0.478. The fourth-order valence-corrected chi connectivity index (χ4v) is 8.05. The van der Waals surface area contributed by atoms with Gasteiger partial charge in [0, 0.05) is 0 Å². The van der Waals surface area contributed by atoms with Gasteiger partial charge in [-0.2, -0.15) is 0 Å². The van der Waals surface area contributed by atoms with Crippen LogP contribution in [0.15, 0.2) is 30.3 Å². The Morgan fingerprint density at radius 1 is 1.17 bits per heavy atom. The molecule has 0 spiro atoms. The van der Waals surface area contributed by atoms with E-state index in [-0.39, 0.29) is 0 Å². The molecule has 0 saturated carbocycles. The first-order chi connectivity index (χ1) is 14.3. The van der Waals surface area contributed by atoms with E-state index in [9.17, 15) is 0 Å². The predicted octanol–water partition coefficient (Wildman–Crippen LogP) is 3.93. The zero-order valence-electron chi connectivity index (χ0n) is 18.7. The van der Waals surface area contributed by atoms with E-state index in [2.05, 4.69) is 49.9 Å². The molecule has 0 radical (unpaired) electrons. The number of nitrogens with zero attached hydrogens (tertiary/aromatic N) is 3. The molecule has 7 heteroatoms. The number of fused-ring (bicyclic) bond motifs is 1. The third-order valence-electron chi connectivity index (χ3n) is 5.63. The average Bonchev–Trinajstić information content (AvgIpc) is 3.08. The van der Waals surface area contributed by atoms with Crippen molar-refractivity contribution in [2.75, 3.05) is 25.6 Å². The van der Waals surface area contributed by atoms with E-state index in [0.717, 1.165) is 49.9 Å². The van der Waals surface area contributed by atoms with Crippen molar-refractivity contribution in [3.05, 3.63) is 41.6 Å². The SMILES string of the molecule is COc1ccc(Cn2n[c]([Sn]([CH3])([CH3])[CH3])c3c(NC4CCOCC4)nc(C)cc32)cc1. The van der Waals surface area contributed by atoms with E-state index in [1.54, 1.807) is 7.11 Å². The summed E-state index contributed by atoms with van der Waals surface area (Å²) in [4.78, 5) is 12.2. The summed E-state index contributed by atoms with van der Waals surface area (Å²) < 4.78 is 14.3. The number of hydrogen-bond acceptors (Lipinski definition) is 5. The van der Waals surface area contributed by atoms with Crippen LogP contribution >= 0.6 is 0 Å². The number of ether oxygens (including phenoxy) is 2. The molecule has 1 aromatic carbocycles. The molecule has 0 unspecified atom stereocenters. The molecule has 0 atom stereocenters. The maximum atomic E-state index is 5.54. The summed E-state index contributed by atoms with van der Waals surface area (Å²) in [5.41, 5.74) is 3.40. The summed E-state index contributed by atoms with van der Waals surface area (Å²) in [6.45, 7) is 4.44. The maximum absolute atomic E-state index is 5.54. The van der Waals surface area contributed by atoms with E-state index < -0.39 is 18.4 Å². The van der Waals surface area contributed by atoms with Crippen molar-refractivity contribution in [1.29, 1.82) is 0 Å². The standard InChI is InChI=1S/C20H23N4O2.3CH3.Sn/c1-14-11-19-18(20(22-14)23-16-7-9-26-10-8-16)12-21-24(19)13-15-3-5-17(25-2)6-4-15;;;;/h3-6,11,16H,7-10,13H2,1-2H3,(H,22,23);3*1H3;. The minimum atomic E-state index is -2.49. The molecule has 1 N–H and O–H groups in total. The summed E-state index contributed by atoms with van der Waals surface area (Å²) in [6, 6.07) is 10.8. The molecule has 1 aliphatic heterocycles. The number of methoxy groups -OCH3 is 1. The molecule has 1 fully saturated rings. The van der Waals surface area contributed by atoms with Gasteiger partial charge in [-0.1, -0.05) is 0 Å². The molecular weight excluding hydrogens is 483 g/mol. The number of aryl methyl sites for hydroxylation is 1. The van der Waals surface area contributed by atoms with Gasteiger partial charge in [0.2, 0.25) is 0 Å². The second kappa shape index (κ2) is 8.75. The third-order valence-corrected chi connectivity index (χ3v) is 10.7. The van der Waals surface area contributed by atoms with E-state index in [4.69, 9.17) is 19.6 Å². The van der Waals surface area contributed by atoms with Gasteiger partial charge in [0.25, 0.3) is 0 Å². The number of aromatic nitrogens is 3. The Hall–Kier alpha value is -1.80. The Morgan fingerprint density at radius 3 is 2.50 bits per heavy atom. The van der Waals surface area contributed by atoms with Gasteiger partial charge in [-0.05, 0) is 0 Å². The van der Waals surface area contributed by atoms with Crippen LogP contribution in [-0.4, -0.2) is 59.5 Å². The second-order valence-corrected chi connectivity index (χ2v) is 23.3. The molecule has 3 heterocycles. The van der Waals surface area contributed by atoms with E-state index in [1.807, 2.05) is 12.1 Å². The molecule has 1 aliphatic rings. The molecule has 0 aliphatic carbocycles. The van der Waals surface area contributed by atoms with E-state index in [0.29, 0.717) is 6.04 Å². The first kappa shape index (κ1) is 21.4. The average molecular weight is 515 g/mol. The topological polar surface area (TPSA) is 61.2 Å². The number of pyridine rings is 1. The van der Waals surface area contributed by atoms with Crippen molar-refractivity contribution in [2.45, 2.75) is 47.2 Å². The quantitative estimate of drug-likeness (QED) is 0.505. The molecular formula is C23H32N4O2Sn. The van der Waals surface area contributed by atoms with E-state index >= 15 is 0 Å². The van der Waals surface area contributed by atoms with Crippen molar-refractivity contribution in [2.24, 2.45) is 0 Å². The first-order valence-electron chi connectivity index (χ1n) is 10.7. The minimum absolute atomic E-state index is 0.407. The van der Waals surface area contributed by atoms with Crippen molar-refractivity contribution < 1.29 is 9.47 Å². The number of anilines is 1. The van der Waals surface area contributed by atoms with Crippen molar-refractivity contribution in [1.82, 2.24) is 14.8 Å². The van der Waals surface area contributed by atoms with Gasteiger partial charge in [0.05, 0.1) is 0 Å². The Kier molecular flexibility index (Phi) is 6.25. The third kappa shape index (κ3) is 4.59. The summed E-state index contributed by atoms with van der Waals surface area (Å²) >= 11 is -2.49. The van der Waals surface area contributed by atoms with Gasteiger partial charge in [-0.15, -0.1) is 0 Å². The molecule has 0 amide bonds. The van der Waals surface area contributed by atoms with Crippen molar-refractivity contribution >= 4 is 38.8 Å². The summed E-state index contributed by atoms with van der Waals surface area (Å²) in [6.07, 6.45) is 2.04. The van der Waals surface area contributed by atoms with Crippen molar-refractivity contribution in [3.63, 3.8) is 0 Å². The molecule has 2 aromatic heterocycles. The molecule has 30 heavy (non-hydrogen) atoms. The van der Waals surface area contributed by atoms with Crippen molar-refractivity contribution in [3.8, 4) is 5.75 Å². The fourth-order valence-electron chi connectivity index (χ4n) is 4.01. The zero-order valence-corrected chi connectivity index (χ0v) is 21.5. The molecule has 160 valence electrons. The summed E-state index contributed by atoms with van der Waals surface area (Å²) in [5, 5.41) is 10.1. The Bertz CT molecular complexity index is 1020. The molecule has 6 nitrogen and oxygen atoms in total. The normalized spacial score (nSPS) is 15.5. The van der Waals surface area contributed by atoms with Crippen LogP contribution in [0.5, 0.6) is 5.75 Å². The van der Waals surface area contributed by atoms with Crippen LogP contribution < -0.4 is 13.8 Å². The summed E-state index contributed by atoms with van der Waals surface area (Å²) in [5.74, 6) is 1.87. The van der Waals surface area contributed by atoms with Crippen LogP contribution in [0.4, 0.5) is 5.82 Å². The molecule has 1 saturated heterocycles. The van der Waals surface area contributed by atoms with Gasteiger partial charge >= 0.3 is 183 Å². The first-order valence-corrected chi connectivity index (χ1v) is 20.7. The van der Waals surface area contributed by atoms with Crippen LogP contribution in [-0.2, 0) is 11.3 Å².